The highest BCUT2D eigenvalue weighted by Gasteiger charge is 2.30. The molecule has 0 spiro atoms. The van der Waals surface area contributed by atoms with Crippen LogP contribution in [0.3, 0.4) is 0 Å². The van der Waals surface area contributed by atoms with Gasteiger partial charge >= 0.3 is 0 Å². The summed E-state index contributed by atoms with van der Waals surface area (Å²) in [6.07, 6.45) is 3.40. The third-order valence-electron chi connectivity index (χ3n) is 5.26. The molecule has 0 saturated heterocycles. The molecule has 0 aromatic heterocycles. The second-order valence-corrected chi connectivity index (χ2v) is 10.8. The van der Waals surface area contributed by atoms with E-state index in [1.165, 1.54) is 0 Å². The Kier molecular flexibility index (Phi) is 6.32. The first-order chi connectivity index (χ1) is 13.7. The van der Waals surface area contributed by atoms with Crippen molar-refractivity contribution in [3.63, 3.8) is 0 Å². The number of hydrogen-bond donors (Lipinski definition) is 1. The predicted octanol–water partition coefficient (Wildman–Crippen LogP) is 4.72. The minimum Gasteiger partial charge on any atom is -0.483 e. The number of benzene rings is 2. The lowest BCUT2D eigenvalue weighted by atomic mass is 9.86. The molecule has 156 valence electrons. The van der Waals surface area contributed by atoms with E-state index in [1.807, 2.05) is 24.3 Å². The first-order valence-electron chi connectivity index (χ1n) is 10.0. The van der Waals surface area contributed by atoms with Gasteiger partial charge in [0.1, 0.15) is 5.75 Å². The lowest BCUT2D eigenvalue weighted by molar-refractivity contribution is -0.118. The minimum absolute atomic E-state index is 0.0896. The molecular weight excluding hydrogens is 386 g/mol. The van der Waals surface area contributed by atoms with E-state index in [2.05, 4.69) is 26.1 Å². The first-order valence-corrected chi connectivity index (χ1v) is 11.6. The Morgan fingerprint density at radius 2 is 1.66 bits per heavy atom. The average Bonchev–Trinajstić information content (AvgIpc) is 3.22. The van der Waals surface area contributed by atoms with Gasteiger partial charge in [-0.15, -0.1) is 0 Å². The molecule has 1 N–H and O–H groups in total. The van der Waals surface area contributed by atoms with E-state index < -0.39 is 9.84 Å². The van der Waals surface area contributed by atoms with E-state index in [4.69, 9.17) is 4.74 Å². The summed E-state index contributed by atoms with van der Waals surface area (Å²) >= 11 is 0. The smallest absolute Gasteiger partial charge is 0.262 e. The largest absolute Gasteiger partial charge is 0.483 e. The molecule has 1 fully saturated rings. The molecule has 1 aliphatic carbocycles. The van der Waals surface area contributed by atoms with E-state index in [0.717, 1.165) is 31.2 Å². The molecule has 1 amide bonds. The maximum absolute atomic E-state index is 12.6. The quantitative estimate of drug-likeness (QED) is 0.741. The van der Waals surface area contributed by atoms with Crippen LogP contribution in [-0.4, -0.2) is 26.2 Å². The second kappa shape index (κ2) is 8.57. The Hall–Kier alpha value is -2.34. The molecule has 6 heteroatoms. The van der Waals surface area contributed by atoms with Gasteiger partial charge in [-0.1, -0.05) is 51.8 Å². The number of sulfone groups is 1. The summed E-state index contributed by atoms with van der Waals surface area (Å²) in [6, 6.07) is 14.1. The third-order valence-corrected chi connectivity index (χ3v) is 7.54. The average molecular weight is 416 g/mol. The standard InChI is InChI=1S/C23H29NO4S/c1-23(2,3)20-10-6-7-11-21(20)28-16-22(25)24-17-12-14-19(15-13-17)29(26,27)18-8-4-5-9-18/h6-7,10-15,18H,4-5,8-9,16H2,1-3H3,(H,24,25). The molecular formula is C23H29NO4S. The van der Waals surface area contributed by atoms with Gasteiger partial charge in [-0.3, -0.25) is 4.79 Å². The van der Waals surface area contributed by atoms with E-state index in [1.54, 1.807) is 24.3 Å². The van der Waals surface area contributed by atoms with Crippen LogP contribution in [-0.2, 0) is 20.0 Å². The molecule has 0 unspecified atom stereocenters. The monoisotopic (exact) mass is 415 g/mol. The molecule has 2 aromatic rings. The number of rotatable bonds is 6. The second-order valence-electron chi connectivity index (χ2n) is 8.56. The number of para-hydroxylation sites is 1. The zero-order chi connectivity index (χ0) is 21.1. The Bertz CT molecular complexity index is 953. The summed E-state index contributed by atoms with van der Waals surface area (Å²) in [4.78, 5) is 12.6. The van der Waals surface area contributed by atoms with E-state index in [0.29, 0.717) is 16.3 Å². The molecule has 1 saturated carbocycles. The van der Waals surface area contributed by atoms with Crippen molar-refractivity contribution in [1.82, 2.24) is 0 Å². The molecule has 0 bridgehead atoms. The number of carbonyl (C=O) groups is 1. The van der Waals surface area contributed by atoms with Crippen molar-refractivity contribution in [2.24, 2.45) is 0 Å². The van der Waals surface area contributed by atoms with Crippen LogP contribution in [0.25, 0.3) is 0 Å². The number of ether oxygens (including phenoxy) is 1. The fourth-order valence-electron chi connectivity index (χ4n) is 3.67. The van der Waals surface area contributed by atoms with Crippen LogP contribution in [0.5, 0.6) is 5.75 Å². The zero-order valence-corrected chi connectivity index (χ0v) is 18.1. The fourth-order valence-corrected chi connectivity index (χ4v) is 5.53. The van der Waals surface area contributed by atoms with Crippen LogP contribution in [0.4, 0.5) is 5.69 Å². The third kappa shape index (κ3) is 5.18. The van der Waals surface area contributed by atoms with Gasteiger partial charge < -0.3 is 10.1 Å². The summed E-state index contributed by atoms with van der Waals surface area (Å²) in [5.74, 6) is 0.397. The Morgan fingerprint density at radius 3 is 2.28 bits per heavy atom. The number of carbonyl (C=O) groups excluding carboxylic acids is 1. The summed E-state index contributed by atoms with van der Waals surface area (Å²) in [5.41, 5.74) is 1.50. The number of hydrogen-bond acceptors (Lipinski definition) is 4. The van der Waals surface area contributed by atoms with Gasteiger partial charge in [-0.25, -0.2) is 8.42 Å². The summed E-state index contributed by atoms with van der Waals surface area (Å²) in [6.45, 7) is 6.17. The van der Waals surface area contributed by atoms with Crippen LogP contribution in [0.1, 0.15) is 52.0 Å². The Morgan fingerprint density at radius 1 is 1.03 bits per heavy atom. The van der Waals surface area contributed by atoms with Crippen molar-refractivity contribution in [1.29, 1.82) is 0 Å². The maximum atomic E-state index is 12.6. The summed E-state index contributed by atoms with van der Waals surface area (Å²) < 4.78 is 31.0. The molecule has 0 atom stereocenters. The molecule has 0 radical (unpaired) electrons. The number of anilines is 1. The molecule has 5 nitrogen and oxygen atoms in total. The Labute approximate surface area is 173 Å². The molecule has 3 rings (SSSR count). The first kappa shape index (κ1) is 21.4. The topological polar surface area (TPSA) is 72.5 Å². The van der Waals surface area contributed by atoms with Crippen molar-refractivity contribution in [3.8, 4) is 5.75 Å². The van der Waals surface area contributed by atoms with Crippen LogP contribution < -0.4 is 10.1 Å². The molecule has 0 aliphatic heterocycles. The van der Waals surface area contributed by atoms with Crippen LogP contribution >= 0.6 is 0 Å². The van der Waals surface area contributed by atoms with Gasteiger partial charge in [0.25, 0.3) is 5.91 Å². The molecule has 29 heavy (non-hydrogen) atoms. The highest BCUT2D eigenvalue weighted by Crippen LogP contribution is 2.31. The van der Waals surface area contributed by atoms with Gasteiger partial charge in [-0.05, 0) is 54.2 Å². The van der Waals surface area contributed by atoms with Crippen LogP contribution in [0.15, 0.2) is 53.4 Å². The van der Waals surface area contributed by atoms with E-state index in [9.17, 15) is 13.2 Å². The van der Waals surface area contributed by atoms with Crippen LogP contribution in [0, 0.1) is 0 Å². The number of amides is 1. The summed E-state index contributed by atoms with van der Waals surface area (Å²) in [5, 5.41) is 2.48. The van der Waals surface area contributed by atoms with Gasteiger partial charge in [0, 0.05) is 5.69 Å². The maximum Gasteiger partial charge on any atom is 0.262 e. The fraction of sp³-hybridized carbons (Fsp3) is 0.435. The lowest BCUT2D eigenvalue weighted by Crippen LogP contribution is -2.22. The van der Waals surface area contributed by atoms with Gasteiger partial charge in [-0.2, -0.15) is 0 Å². The Balaban J connectivity index is 1.61. The van der Waals surface area contributed by atoms with Crippen LogP contribution in [0.2, 0.25) is 0 Å². The molecule has 0 heterocycles. The van der Waals surface area contributed by atoms with Crippen molar-refractivity contribution in [2.45, 2.75) is 62.0 Å². The van der Waals surface area contributed by atoms with Gasteiger partial charge in [0.05, 0.1) is 10.1 Å². The van der Waals surface area contributed by atoms with Crippen molar-refractivity contribution in [3.05, 3.63) is 54.1 Å². The lowest BCUT2D eigenvalue weighted by Gasteiger charge is -2.22. The highest BCUT2D eigenvalue weighted by molar-refractivity contribution is 7.92. The predicted molar refractivity (Wildman–Crippen MR) is 115 cm³/mol. The highest BCUT2D eigenvalue weighted by atomic mass is 32.2. The van der Waals surface area contributed by atoms with Gasteiger partial charge in [0.15, 0.2) is 16.4 Å². The van der Waals surface area contributed by atoms with E-state index in [-0.39, 0.29) is 23.2 Å². The minimum atomic E-state index is -3.29. The summed E-state index contributed by atoms with van der Waals surface area (Å²) in [7, 11) is -3.29. The van der Waals surface area contributed by atoms with E-state index >= 15 is 0 Å². The normalized spacial score (nSPS) is 15.3. The molecule has 1 aliphatic rings. The van der Waals surface area contributed by atoms with Crippen molar-refractivity contribution >= 4 is 21.4 Å². The van der Waals surface area contributed by atoms with Crippen molar-refractivity contribution in [2.75, 3.05) is 11.9 Å². The SMILES string of the molecule is CC(C)(C)c1ccccc1OCC(=O)Nc1ccc(S(=O)(=O)C2CCCC2)cc1. The molecule has 2 aromatic carbocycles. The van der Waals surface area contributed by atoms with Gasteiger partial charge in [0.2, 0.25) is 0 Å². The van der Waals surface area contributed by atoms with Crippen molar-refractivity contribution < 1.29 is 17.9 Å². The number of nitrogens with one attached hydrogen (secondary N) is 1. The zero-order valence-electron chi connectivity index (χ0n) is 17.3.